The average molecular weight is 354 g/mol. The first-order valence-electron chi connectivity index (χ1n) is 9.62. The van der Waals surface area contributed by atoms with Gasteiger partial charge in [-0.15, -0.1) is 0 Å². The van der Waals surface area contributed by atoms with Crippen LogP contribution in [-0.4, -0.2) is 45.8 Å². The number of carbonyl (C=O) groups excluding carboxylic acids is 2. The van der Waals surface area contributed by atoms with Gasteiger partial charge in [0, 0.05) is 32.0 Å². The van der Waals surface area contributed by atoms with E-state index in [4.69, 9.17) is 0 Å². The van der Waals surface area contributed by atoms with Crippen LogP contribution in [0.5, 0.6) is 0 Å². The van der Waals surface area contributed by atoms with Gasteiger partial charge >= 0.3 is 0 Å². The van der Waals surface area contributed by atoms with Crippen LogP contribution in [0.3, 0.4) is 0 Å². The van der Waals surface area contributed by atoms with Gasteiger partial charge in [0.05, 0.1) is 17.0 Å². The van der Waals surface area contributed by atoms with E-state index >= 15 is 0 Å². The number of hydrogen-bond acceptors (Lipinski definition) is 3. The van der Waals surface area contributed by atoms with Crippen molar-refractivity contribution in [3.63, 3.8) is 0 Å². The Balaban J connectivity index is 1.29. The smallest absolute Gasteiger partial charge is 0.225 e. The summed E-state index contributed by atoms with van der Waals surface area (Å²) in [6.07, 6.45) is 5.58. The number of likely N-dealkylation sites (tertiary alicyclic amines) is 1. The molecule has 0 spiro atoms. The van der Waals surface area contributed by atoms with Gasteiger partial charge in [0.25, 0.3) is 0 Å². The van der Waals surface area contributed by atoms with Gasteiger partial charge in [0.15, 0.2) is 0 Å². The Bertz CT molecular complexity index is 822. The lowest BCUT2D eigenvalue weighted by atomic mass is 10.1. The van der Waals surface area contributed by atoms with Crippen LogP contribution in [0.25, 0.3) is 11.0 Å². The van der Waals surface area contributed by atoms with Gasteiger partial charge in [-0.05, 0) is 37.5 Å². The third kappa shape index (κ3) is 3.45. The summed E-state index contributed by atoms with van der Waals surface area (Å²) in [6, 6.07) is 6.48. The van der Waals surface area contributed by atoms with Crippen molar-refractivity contribution in [1.29, 1.82) is 0 Å². The van der Waals surface area contributed by atoms with E-state index in [1.807, 2.05) is 17.0 Å². The van der Waals surface area contributed by atoms with Crippen LogP contribution in [0.4, 0.5) is 0 Å². The number of H-pyrrole nitrogens is 1. The molecule has 2 aliphatic rings. The predicted octanol–water partition coefficient (Wildman–Crippen LogP) is 2.32. The molecule has 6 heteroatoms. The standard InChI is InChI=1S/C20H26N4O2/c1-13-6-7-16-17(10-13)23-18(22-16)8-9-21-20(26)14-11-19(25)24(12-14)15-4-2-3-5-15/h6-7,10,14-15H,2-5,8-9,11-12H2,1H3,(H,21,26)(H,22,23). The first kappa shape index (κ1) is 17.1. The molecule has 0 bridgehead atoms. The van der Waals surface area contributed by atoms with Crippen molar-refractivity contribution in [3.05, 3.63) is 29.6 Å². The van der Waals surface area contributed by atoms with E-state index in [0.29, 0.717) is 32.0 Å². The molecular weight excluding hydrogens is 328 g/mol. The minimum absolute atomic E-state index is 0.00852. The van der Waals surface area contributed by atoms with Crippen LogP contribution in [0.1, 0.15) is 43.5 Å². The minimum Gasteiger partial charge on any atom is -0.355 e. The number of imidazole rings is 1. The number of aryl methyl sites for hydroxylation is 1. The maximum absolute atomic E-state index is 12.4. The lowest BCUT2D eigenvalue weighted by Crippen LogP contribution is -2.37. The highest BCUT2D eigenvalue weighted by atomic mass is 16.2. The maximum Gasteiger partial charge on any atom is 0.225 e. The average Bonchev–Trinajstić information content (AvgIpc) is 3.33. The SMILES string of the molecule is Cc1ccc2nc(CCNC(=O)C3CC(=O)N(C4CCCC4)C3)[nH]c2c1. The van der Waals surface area contributed by atoms with Crippen LogP contribution in [-0.2, 0) is 16.0 Å². The third-order valence-electron chi connectivity index (χ3n) is 5.64. The van der Waals surface area contributed by atoms with E-state index in [0.717, 1.165) is 29.7 Å². The minimum atomic E-state index is -0.207. The highest BCUT2D eigenvalue weighted by molar-refractivity contribution is 5.89. The summed E-state index contributed by atoms with van der Waals surface area (Å²) in [6.45, 7) is 3.17. The van der Waals surface area contributed by atoms with Crippen molar-refractivity contribution in [2.75, 3.05) is 13.1 Å². The number of nitrogens with one attached hydrogen (secondary N) is 2. The fourth-order valence-electron chi connectivity index (χ4n) is 4.22. The molecule has 2 amide bonds. The monoisotopic (exact) mass is 354 g/mol. The van der Waals surface area contributed by atoms with Crippen molar-refractivity contribution in [1.82, 2.24) is 20.2 Å². The van der Waals surface area contributed by atoms with Gasteiger partial charge in [-0.2, -0.15) is 0 Å². The predicted molar refractivity (Wildman–Crippen MR) is 99.6 cm³/mol. The molecule has 1 saturated heterocycles. The molecule has 4 rings (SSSR count). The Hall–Kier alpha value is -2.37. The van der Waals surface area contributed by atoms with Crippen LogP contribution < -0.4 is 5.32 Å². The van der Waals surface area contributed by atoms with Gasteiger partial charge in [-0.25, -0.2) is 4.98 Å². The Morgan fingerprint density at radius 1 is 1.35 bits per heavy atom. The van der Waals surface area contributed by atoms with E-state index in [-0.39, 0.29) is 17.7 Å². The molecule has 1 saturated carbocycles. The lowest BCUT2D eigenvalue weighted by Gasteiger charge is -2.23. The van der Waals surface area contributed by atoms with Crippen LogP contribution >= 0.6 is 0 Å². The zero-order valence-corrected chi connectivity index (χ0v) is 15.3. The van der Waals surface area contributed by atoms with Gasteiger partial charge in [0.1, 0.15) is 5.82 Å². The van der Waals surface area contributed by atoms with Crippen molar-refractivity contribution in [2.45, 2.75) is 51.5 Å². The molecule has 2 N–H and O–H groups in total. The Labute approximate surface area is 153 Å². The largest absolute Gasteiger partial charge is 0.355 e. The number of hydrogen-bond donors (Lipinski definition) is 2. The second kappa shape index (κ2) is 7.09. The molecule has 2 heterocycles. The molecule has 1 aromatic heterocycles. The number of fused-ring (bicyclic) bond motifs is 1. The molecule has 1 aliphatic heterocycles. The second-order valence-corrected chi connectivity index (χ2v) is 7.63. The number of rotatable bonds is 5. The van der Waals surface area contributed by atoms with Crippen LogP contribution in [0, 0.1) is 12.8 Å². The van der Waals surface area contributed by atoms with Crippen molar-refractivity contribution in [3.8, 4) is 0 Å². The zero-order chi connectivity index (χ0) is 18.1. The molecule has 1 aromatic carbocycles. The quantitative estimate of drug-likeness (QED) is 0.865. The first-order valence-corrected chi connectivity index (χ1v) is 9.62. The van der Waals surface area contributed by atoms with Gasteiger partial charge in [-0.1, -0.05) is 18.9 Å². The summed E-state index contributed by atoms with van der Waals surface area (Å²) in [4.78, 5) is 34.5. The molecule has 2 aromatic rings. The Morgan fingerprint density at radius 2 is 2.15 bits per heavy atom. The molecule has 26 heavy (non-hydrogen) atoms. The number of benzene rings is 1. The van der Waals surface area contributed by atoms with Crippen LogP contribution in [0.15, 0.2) is 18.2 Å². The number of carbonyl (C=O) groups is 2. The fraction of sp³-hybridized carbons (Fsp3) is 0.550. The van der Waals surface area contributed by atoms with E-state index in [2.05, 4.69) is 28.3 Å². The van der Waals surface area contributed by atoms with E-state index in [1.165, 1.54) is 18.4 Å². The topological polar surface area (TPSA) is 78.1 Å². The molecule has 138 valence electrons. The van der Waals surface area contributed by atoms with Crippen LogP contribution in [0.2, 0.25) is 0 Å². The second-order valence-electron chi connectivity index (χ2n) is 7.63. The molecule has 1 atom stereocenters. The summed E-state index contributed by atoms with van der Waals surface area (Å²) in [5.74, 6) is 0.804. The number of aromatic nitrogens is 2. The maximum atomic E-state index is 12.4. The first-order chi connectivity index (χ1) is 12.6. The molecule has 0 radical (unpaired) electrons. The highest BCUT2D eigenvalue weighted by Gasteiger charge is 2.38. The van der Waals surface area contributed by atoms with E-state index in [9.17, 15) is 9.59 Å². The third-order valence-corrected chi connectivity index (χ3v) is 5.64. The van der Waals surface area contributed by atoms with Gasteiger partial charge < -0.3 is 15.2 Å². The zero-order valence-electron chi connectivity index (χ0n) is 15.3. The summed E-state index contributed by atoms with van der Waals surface area (Å²) in [7, 11) is 0. The molecule has 6 nitrogen and oxygen atoms in total. The van der Waals surface area contributed by atoms with Crippen molar-refractivity contribution in [2.24, 2.45) is 5.92 Å². The molecular formula is C20H26N4O2. The Kier molecular flexibility index (Phi) is 4.66. The summed E-state index contributed by atoms with van der Waals surface area (Å²) >= 11 is 0. The summed E-state index contributed by atoms with van der Waals surface area (Å²) in [5, 5.41) is 2.98. The summed E-state index contributed by atoms with van der Waals surface area (Å²) < 4.78 is 0. The molecule has 1 unspecified atom stereocenters. The van der Waals surface area contributed by atoms with E-state index < -0.39 is 0 Å². The number of nitrogens with zero attached hydrogens (tertiary/aromatic N) is 2. The number of amides is 2. The van der Waals surface area contributed by atoms with Gasteiger partial charge in [-0.3, -0.25) is 9.59 Å². The van der Waals surface area contributed by atoms with Crippen molar-refractivity contribution >= 4 is 22.8 Å². The molecule has 2 fully saturated rings. The van der Waals surface area contributed by atoms with Crippen molar-refractivity contribution < 1.29 is 9.59 Å². The number of aromatic amines is 1. The van der Waals surface area contributed by atoms with Gasteiger partial charge in [0.2, 0.25) is 11.8 Å². The fourth-order valence-corrected chi connectivity index (χ4v) is 4.22. The highest BCUT2D eigenvalue weighted by Crippen LogP contribution is 2.29. The molecule has 1 aliphatic carbocycles. The summed E-state index contributed by atoms with van der Waals surface area (Å²) in [5.41, 5.74) is 3.17. The lowest BCUT2D eigenvalue weighted by molar-refractivity contribution is -0.130. The normalized spacial score (nSPS) is 21.0. The Morgan fingerprint density at radius 3 is 2.96 bits per heavy atom. The van der Waals surface area contributed by atoms with E-state index in [1.54, 1.807) is 0 Å².